The summed E-state index contributed by atoms with van der Waals surface area (Å²) in [5.74, 6) is 0.477. The van der Waals surface area contributed by atoms with Gasteiger partial charge in [-0.25, -0.2) is 0 Å². The van der Waals surface area contributed by atoms with Gasteiger partial charge in [0.25, 0.3) is 0 Å². The highest BCUT2D eigenvalue weighted by molar-refractivity contribution is 5.37. The van der Waals surface area contributed by atoms with Crippen LogP contribution in [0.1, 0.15) is 101 Å². The lowest BCUT2D eigenvalue weighted by Crippen LogP contribution is -2.27. The first-order valence-corrected chi connectivity index (χ1v) is 15.3. The second-order valence-electron chi connectivity index (χ2n) is 13.3. The molecule has 216 valence electrons. The molecule has 0 bridgehead atoms. The van der Waals surface area contributed by atoms with Gasteiger partial charge in [0.2, 0.25) is 0 Å². The Balaban J connectivity index is 1.87. The molecule has 40 heavy (non-hydrogen) atoms. The van der Waals surface area contributed by atoms with Gasteiger partial charge in [-0.15, -0.1) is 0 Å². The van der Waals surface area contributed by atoms with Crippen molar-refractivity contribution in [3.8, 4) is 0 Å². The Hall–Kier alpha value is -2.86. The summed E-state index contributed by atoms with van der Waals surface area (Å²) in [5.41, 5.74) is 10.0. The van der Waals surface area contributed by atoms with E-state index < -0.39 is 0 Å². The molecule has 1 atom stereocenters. The van der Waals surface area contributed by atoms with E-state index in [0.717, 1.165) is 6.42 Å². The van der Waals surface area contributed by atoms with Gasteiger partial charge in [-0.05, 0) is 89.5 Å². The number of rotatable bonds is 10. The van der Waals surface area contributed by atoms with Crippen LogP contribution in [0.3, 0.4) is 0 Å². The molecule has 0 nitrogen and oxygen atoms in total. The van der Waals surface area contributed by atoms with Gasteiger partial charge in [0.15, 0.2) is 0 Å². The van der Waals surface area contributed by atoms with E-state index in [2.05, 4.69) is 154 Å². The summed E-state index contributed by atoms with van der Waals surface area (Å²) in [6.07, 6.45) is 38.2. The molecular formula is C40H56. The Labute approximate surface area is 247 Å². The van der Waals surface area contributed by atoms with Crippen molar-refractivity contribution >= 4 is 0 Å². The Kier molecular flexibility index (Phi) is 13.2. The summed E-state index contributed by atoms with van der Waals surface area (Å²) in [5, 5.41) is 0. The second kappa shape index (κ2) is 15.8. The van der Waals surface area contributed by atoms with E-state index in [9.17, 15) is 0 Å². The molecule has 2 rings (SSSR count). The topological polar surface area (TPSA) is 0 Å². The van der Waals surface area contributed by atoms with Gasteiger partial charge in [0, 0.05) is 5.92 Å². The van der Waals surface area contributed by atoms with Crippen LogP contribution in [0.5, 0.6) is 0 Å². The zero-order valence-electron chi connectivity index (χ0n) is 27.1. The van der Waals surface area contributed by atoms with Gasteiger partial charge in [-0.3, -0.25) is 0 Å². The van der Waals surface area contributed by atoms with Crippen molar-refractivity contribution in [3.63, 3.8) is 0 Å². The molecular weight excluding hydrogens is 480 g/mol. The van der Waals surface area contributed by atoms with Crippen LogP contribution >= 0.6 is 0 Å². The predicted octanol–water partition coefficient (Wildman–Crippen LogP) is 12.5. The molecule has 0 aromatic heterocycles. The van der Waals surface area contributed by atoms with Crippen LogP contribution in [0.2, 0.25) is 0 Å². The van der Waals surface area contributed by atoms with Crippen molar-refractivity contribution in [2.45, 2.75) is 101 Å². The SMILES string of the molecule is C=C1CCCC(C)(C)C1C=CC(C)=CC=CC(C)=C/C=C/C=C(C)/C=C/C=C(C)/C=C/C1=C(C)CCCC1(C)C. The molecule has 0 radical (unpaired) electrons. The third-order valence-corrected chi connectivity index (χ3v) is 8.47. The van der Waals surface area contributed by atoms with E-state index in [0.29, 0.717) is 11.3 Å². The first-order chi connectivity index (χ1) is 18.8. The summed E-state index contributed by atoms with van der Waals surface area (Å²) in [6, 6.07) is 0. The van der Waals surface area contributed by atoms with Crippen molar-refractivity contribution < 1.29 is 0 Å². The fourth-order valence-electron chi connectivity index (χ4n) is 5.84. The first kappa shape index (κ1) is 33.3. The summed E-state index contributed by atoms with van der Waals surface area (Å²) >= 11 is 0. The summed E-state index contributed by atoms with van der Waals surface area (Å²) in [7, 11) is 0. The molecule has 1 unspecified atom stereocenters. The Morgan fingerprint density at radius 2 is 1.18 bits per heavy atom. The molecule has 0 saturated heterocycles. The minimum absolute atomic E-state index is 0.290. The maximum atomic E-state index is 4.34. The maximum absolute atomic E-state index is 4.34. The fraction of sp³-hybridized carbons (Fsp3) is 0.450. The molecule has 0 heteroatoms. The Morgan fingerprint density at radius 1 is 0.675 bits per heavy atom. The van der Waals surface area contributed by atoms with Crippen molar-refractivity contribution in [2.75, 3.05) is 0 Å². The number of hydrogen-bond acceptors (Lipinski definition) is 0. The molecule has 0 aromatic carbocycles. The van der Waals surface area contributed by atoms with Gasteiger partial charge in [-0.1, -0.05) is 153 Å². The molecule has 1 fully saturated rings. The molecule has 0 aromatic rings. The lowest BCUT2D eigenvalue weighted by Gasteiger charge is -2.38. The fourth-order valence-corrected chi connectivity index (χ4v) is 5.84. The molecule has 2 aliphatic carbocycles. The van der Waals surface area contributed by atoms with Crippen molar-refractivity contribution in [2.24, 2.45) is 16.7 Å². The zero-order valence-corrected chi connectivity index (χ0v) is 27.1. The largest absolute Gasteiger partial charge is 0.0992 e. The van der Waals surface area contributed by atoms with E-state index in [-0.39, 0.29) is 5.41 Å². The van der Waals surface area contributed by atoms with Gasteiger partial charge in [-0.2, -0.15) is 0 Å². The maximum Gasteiger partial charge on any atom is 0.00285 e. The van der Waals surface area contributed by atoms with E-state index >= 15 is 0 Å². The monoisotopic (exact) mass is 536 g/mol. The molecule has 0 spiro atoms. The highest BCUT2D eigenvalue weighted by Crippen LogP contribution is 2.44. The number of hydrogen-bond donors (Lipinski definition) is 0. The number of allylic oxidation sites excluding steroid dienone is 21. The van der Waals surface area contributed by atoms with Crippen molar-refractivity contribution in [1.29, 1.82) is 0 Å². The van der Waals surface area contributed by atoms with E-state index in [1.165, 1.54) is 65.5 Å². The van der Waals surface area contributed by atoms with Crippen molar-refractivity contribution in [1.82, 2.24) is 0 Å². The van der Waals surface area contributed by atoms with Gasteiger partial charge >= 0.3 is 0 Å². The molecule has 0 amide bonds. The van der Waals surface area contributed by atoms with Crippen LogP contribution in [-0.2, 0) is 0 Å². The third kappa shape index (κ3) is 11.3. The smallest absolute Gasteiger partial charge is 0.00285 e. The van der Waals surface area contributed by atoms with Crippen LogP contribution in [0.15, 0.2) is 131 Å². The Morgan fingerprint density at radius 3 is 1.73 bits per heavy atom. The molecule has 0 aliphatic heterocycles. The minimum atomic E-state index is 0.290. The van der Waals surface area contributed by atoms with E-state index in [1.807, 2.05) is 0 Å². The molecule has 1 saturated carbocycles. The average molecular weight is 537 g/mol. The van der Waals surface area contributed by atoms with Crippen LogP contribution in [0, 0.1) is 16.7 Å². The van der Waals surface area contributed by atoms with Gasteiger partial charge < -0.3 is 0 Å². The highest BCUT2D eigenvalue weighted by Gasteiger charge is 2.32. The lowest BCUT2D eigenvalue weighted by atomic mass is 9.66. The van der Waals surface area contributed by atoms with Gasteiger partial charge in [0.1, 0.15) is 0 Å². The average Bonchev–Trinajstić information content (AvgIpc) is 2.85. The second-order valence-corrected chi connectivity index (χ2v) is 13.3. The third-order valence-electron chi connectivity index (χ3n) is 8.47. The lowest BCUT2D eigenvalue weighted by molar-refractivity contribution is 0.228. The zero-order chi connectivity index (χ0) is 29.8. The van der Waals surface area contributed by atoms with Crippen molar-refractivity contribution in [3.05, 3.63) is 131 Å². The standard InChI is InChI=1S/C40H56/c1-31(19-13-21-33(3)25-27-37-35(5)23-15-29-39(37,7)8)17-11-12-18-32(2)20-14-22-34(4)26-28-38-36(6)24-16-30-40(38,9)10/h11-14,17-22,25-28,37H,5,15-16,23-24,29-30H2,1-4,6-10H3/b12-11+,19-13?,20-14+,27-25?,28-26+,31-17?,32-18+,33-21?,34-22+. The van der Waals surface area contributed by atoms with Gasteiger partial charge in [0.05, 0.1) is 0 Å². The normalized spacial score (nSPS) is 23.7. The predicted molar refractivity (Wildman–Crippen MR) is 181 cm³/mol. The highest BCUT2D eigenvalue weighted by atomic mass is 14.4. The summed E-state index contributed by atoms with van der Waals surface area (Å²) in [6.45, 7) is 24.7. The molecule has 2 aliphatic rings. The van der Waals surface area contributed by atoms with Crippen LogP contribution in [0.25, 0.3) is 0 Å². The first-order valence-electron chi connectivity index (χ1n) is 15.3. The van der Waals surface area contributed by atoms with Crippen LogP contribution < -0.4 is 0 Å². The van der Waals surface area contributed by atoms with Crippen LogP contribution in [-0.4, -0.2) is 0 Å². The minimum Gasteiger partial charge on any atom is -0.0992 e. The molecule has 0 heterocycles. The quantitative estimate of drug-likeness (QED) is 0.192. The summed E-state index contributed by atoms with van der Waals surface area (Å²) in [4.78, 5) is 0. The van der Waals surface area contributed by atoms with Crippen LogP contribution in [0.4, 0.5) is 0 Å². The Bertz CT molecular complexity index is 1180. The van der Waals surface area contributed by atoms with E-state index in [1.54, 1.807) is 5.57 Å². The molecule has 0 N–H and O–H groups in total. The summed E-state index contributed by atoms with van der Waals surface area (Å²) < 4.78 is 0. The van der Waals surface area contributed by atoms with E-state index in [4.69, 9.17) is 0 Å².